The highest BCUT2D eigenvalue weighted by molar-refractivity contribution is 5.49. The fourth-order valence-electron chi connectivity index (χ4n) is 2.50. The van der Waals surface area contributed by atoms with Crippen LogP contribution in [0.5, 0.6) is 5.75 Å². The summed E-state index contributed by atoms with van der Waals surface area (Å²) in [5, 5.41) is 0. The molecule has 0 amide bonds. The Morgan fingerprint density at radius 2 is 1.80 bits per heavy atom. The maximum atomic E-state index is 5.62. The van der Waals surface area contributed by atoms with Gasteiger partial charge >= 0.3 is 0 Å². The van der Waals surface area contributed by atoms with E-state index in [-0.39, 0.29) is 0 Å². The van der Waals surface area contributed by atoms with E-state index in [4.69, 9.17) is 4.74 Å². The standard InChI is InChI=1S/C14H20O/c1-9(2)11-5-6-13-12(7-8-15-13)14(11)10(3)4/h5-6,9-10H,7-8H2,1-4H3. The third-order valence-electron chi connectivity index (χ3n) is 3.16. The summed E-state index contributed by atoms with van der Waals surface area (Å²) in [6.45, 7) is 9.95. The molecule has 1 aliphatic heterocycles. The Labute approximate surface area is 92.5 Å². The summed E-state index contributed by atoms with van der Waals surface area (Å²) in [4.78, 5) is 0. The Morgan fingerprint density at radius 1 is 1.07 bits per heavy atom. The Balaban J connectivity index is 2.58. The first-order valence-electron chi connectivity index (χ1n) is 5.89. The Hall–Kier alpha value is -0.980. The second-order valence-electron chi connectivity index (χ2n) is 4.95. The molecule has 0 atom stereocenters. The van der Waals surface area contributed by atoms with Crippen molar-refractivity contribution in [3.63, 3.8) is 0 Å². The number of hydrogen-bond donors (Lipinski definition) is 0. The van der Waals surface area contributed by atoms with E-state index >= 15 is 0 Å². The highest BCUT2D eigenvalue weighted by Gasteiger charge is 2.21. The molecule has 1 aromatic carbocycles. The van der Waals surface area contributed by atoms with Crippen molar-refractivity contribution in [2.24, 2.45) is 0 Å². The molecule has 15 heavy (non-hydrogen) atoms. The lowest BCUT2D eigenvalue weighted by atomic mass is 9.86. The number of hydrogen-bond acceptors (Lipinski definition) is 1. The van der Waals surface area contributed by atoms with Gasteiger partial charge in [0.15, 0.2) is 0 Å². The van der Waals surface area contributed by atoms with Crippen molar-refractivity contribution in [2.75, 3.05) is 6.61 Å². The Bertz CT molecular complexity index is 364. The average Bonchev–Trinajstić information content (AvgIpc) is 2.62. The molecule has 0 N–H and O–H groups in total. The van der Waals surface area contributed by atoms with E-state index in [1.54, 1.807) is 0 Å². The van der Waals surface area contributed by atoms with Crippen LogP contribution in [0, 0.1) is 0 Å². The van der Waals surface area contributed by atoms with Gasteiger partial charge in [-0.05, 0) is 29.0 Å². The molecule has 1 aromatic rings. The summed E-state index contributed by atoms with van der Waals surface area (Å²) in [6.07, 6.45) is 1.09. The van der Waals surface area contributed by atoms with E-state index in [1.165, 1.54) is 16.7 Å². The molecule has 1 aliphatic rings. The maximum absolute atomic E-state index is 5.62. The Morgan fingerprint density at radius 3 is 2.40 bits per heavy atom. The third kappa shape index (κ3) is 1.75. The van der Waals surface area contributed by atoms with Gasteiger partial charge in [0, 0.05) is 12.0 Å². The van der Waals surface area contributed by atoms with E-state index < -0.39 is 0 Å². The zero-order valence-corrected chi connectivity index (χ0v) is 10.1. The van der Waals surface area contributed by atoms with Crippen LogP contribution in [-0.4, -0.2) is 6.61 Å². The van der Waals surface area contributed by atoms with Gasteiger partial charge in [-0.25, -0.2) is 0 Å². The van der Waals surface area contributed by atoms with Crippen molar-refractivity contribution >= 4 is 0 Å². The summed E-state index contributed by atoms with van der Waals surface area (Å²) < 4.78 is 5.62. The first-order valence-corrected chi connectivity index (χ1v) is 5.89. The Kier molecular flexibility index (Phi) is 2.72. The van der Waals surface area contributed by atoms with Crippen LogP contribution in [0.4, 0.5) is 0 Å². The SMILES string of the molecule is CC(C)c1ccc2c(c1C(C)C)CCO2. The van der Waals surface area contributed by atoms with Gasteiger partial charge in [-0.2, -0.15) is 0 Å². The van der Waals surface area contributed by atoms with Gasteiger partial charge in [-0.15, -0.1) is 0 Å². The van der Waals surface area contributed by atoms with E-state index in [1.807, 2.05) is 0 Å². The lowest BCUT2D eigenvalue weighted by Crippen LogP contribution is -2.02. The van der Waals surface area contributed by atoms with Crippen molar-refractivity contribution in [3.05, 3.63) is 28.8 Å². The highest BCUT2D eigenvalue weighted by atomic mass is 16.5. The molecule has 0 radical (unpaired) electrons. The van der Waals surface area contributed by atoms with E-state index in [2.05, 4.69) is 39.8 Å². The third-order valence-corrected chi connectivity index (χ3v) is 3.16. The monoisotopic (exact) mass is 204 g/mol. The van der Waals surface area contributed by atoms with Gasteiger partial charge in [0.2, 0.25) is 0 Å². The van der Waals surface area contributed by atoms with Crippen molar-refractivity contribution in [1.29, 1.82) is 0 Å². The number of benzene rings is 1. The largest absolute Gasteiger partial charge is 0.493 e. The molecule has 0 saturated carbocycles. The molecule has 82 valence electrons. The molecule has 1 heteroatoms. The smallest absolute Gasteiger partial charge is 0.122 e. The van der Waals surface area contributed by atoms with Gasteiger partial charge in [0.05, 0.1) is 6.61 Å². The van der Waals surface area contributed by atoms with Gasteiger partial charge in [0.25, 0.3) is 0 Å². The number of ether oxygens (including phenoxy) is 1. The fourth-order valence-corrected chi connectivity index (χ4v) is 2.50. The molecule has 0 aromatic heterocycles. The zero-order valence-electron chi connectivity index (χ0n) is 10.1. The van der Waals surface area contributed by atoms with Crippen molar-refractivity contribution in [3.8, 4) is 5.75 Å². The van der Waals surface area contributed by atoms with Gasteiger partial charge in [-0.1, -0.05) is 33.8 Å². The number of rotatable bonds is 2. The van der Waals surface area contributed by atoms with Crippen LogP contribution in [0.1, 0.15) is 56.2 Å². The van der Waals surface area contributed by atoms with Crippen LogP contribution in [0.25, 0.3) is 0 Å². The predicted octanol–water partition coefficient (Wildman–Crippen LogP) is 3.87. The van der Waals surface area contributed by atoms with Crippen molar-refractivity contribution in [1.82, 2.24) is 0 Å². The molecule has 0 unspecified atom stereocenters. The van der Waals surface area contributed by atoms with Crippen LogP contribution in [0.3, 0.4) is 0 Å². The summed E-state index contributed by atoms with van der Waals surface area (Å²) in [5.74, 6) is 2.32. The molecule has 0 fully saturated rings. The van der Waals surface area contributed by atoms with Crippen LogP contribution in [0.15, 0.2) is 12.1 Å². The molecular formula is C14H20O. The second-order valence-corrected chi connectivity index (χ2v) is 4.95. The van der Waals surface area contributed by atoms with Crippen molar-refractivity contribution < 1.29 is 4.74 Å². The van der Waals surface area contributed by atoms with Crippen LogP contribution in [-0.2, 0) is 6.42 Å². The molecule has 1 nitrogen and oxygen atoms in total. The molecule has 2 rings (SSSR count). The summed E-state index contributed by atoms with van der Waals surface area (Å²) in [6, 6.07) is 4.38. The number of fused-ring (bicyclic) bond motifs is 1. The molecule has 0 spiro atoms. The lowest BCUT2D eigenvalue weighted by molar-refractivity contribution is 0.357. The summed E-state index contributed by atoms with van der Waals surface area (Å²) >= 11 is 0. The van der Waals surface area contributed by atoms with E-state index in [0.29, 0.717) is 11.8 Å². The molecule has 0 bridgehead atoms. The van der Waals surface area contributed by atoms with Crippen LogP contribution >= 0.6 is 0 Å². The summed E-state index contributed by atoms with van der Waals surface area (Å²) in [5.41, 5.74) is 4.48. The van der Waals surface area contributed by atoms with Gasteiger partial charge in [-0.3, -0.25) is 0 Å². The maximum Gasteiger partial charge on any atom is 0.122 e. The average molecular weight is 204 g/mol. The van der Waals surface area contributed by atoms with Crippen LogP contribution in [0.2, 0.25) is 0 Å². The van der Waals surface area contributed by atoms with Gasteiger partial charge < -0.3 is 4.74 Å². The lowest BCUT2D eigenvalue weighted by Gasteiger charge is -2.19. The normalized spacial score (nSPS) is 14.5. The minimum atomic E-state index is 0.596. The predicted molar refractivity (Wildman–Crippen MR) is 63.8 cm³/mol. The second kappa shape index (κ2) is 3.88. The van der Waals surface area contributed by atoms with E-state index in [9.17, 15) is 0 Å². The first-order chi connectivity index (χ1) is 7.11. The molecule has 0 aliphatic carbocycles. The highest BCUT2D eigenvalue weighted by Crippen LogP contribution is 2.37. The zero-order chi connectivity index (χ0) is 11.0. The molecular weight excluding hydrogens is 184 g/mol. The topological polar surface area (TPSA) is 9.23 Å². The minimum absolute atomic E-state index is 0.596. The van der Waals surface area contributed by atoms with Gasteiger partial charge in [0.1, 0.15) is 5.75 Å². The van der Waals surface area contributed by atoms with Crippen molar-refractivity contribution in [2.45, 2.75) is 46.0 Å². The molecule has 1 heterocycles. The summed E-state index contributed by atoms with van der Waals surface area (Å²) in [7, 11) is 0. The first kappa shape index (κ1) is 10.5. The molecule has 0 saturated heterocycles. The van der Waals surface area contributed by atoms with E-state index in [0.717, 1.165) is 18.8 Å². The quantitative estimate of drug-likeness (QED) is 0.710. The minimum Gasteiger partial charge on any atom is -0.493 e. The fraction of sp³-hybridized carbons (Fsp3) is 0.571. The van der Waals surface area contributed by atoms with Crippen LogP contribution < -0.4 is 4.74 Å².